The third-order valence-corrected chi connectivity index (χ3v) is 4.10. The number of morpholine rings is 1. The summed E-state index contributed by atoms with van der Waals surface area (Å²) in [6.07, 6.45) is 4.16. The van der Waals surface area contributed by atoms with Gasteiger partial charge >= 0.3 is 0 Å². The van der Waals surface area contributed by atoms with Gasteiger partial charge in [0.2, 0.25) is 5.91 Å². The van der Waals surface area contributed by atoms with Gasteiger partial charge in [-0.3, -0.25) is 9.78 Å². The molecule has 0 radical (unpaired) electrons. The van der Waals surface area contributed by atoms with Gasteiger partial charge in [0.05, 0.1) is 25.7 Å². The summed E-state index contributed by atoms with van der Waals surface area (Å²) in [6, 6.07) is 7.94. The van der Waals surface area contributed by atoms with Crippen LogP contribution in [0.2, 0.25) is 0 Å². The van der Waals surface area contributed by atoms with Crippen molar-refractivity contribution in [2.75, 3.05) is 19.8 Å². The van der Waals surface area contributed by atoms with Crippen molar-refractivity contribution in [1.82, 2.24) is 14.5 Å². The number of nitrogens with zero attached hydrogens (tertiary/aromatic N) is 3. The van der Waals surface area contributed by atoms with E-state index >= 15 is 0 Å². The Bertz CT molecular complexity index is 648. The molecule has 0 bridgehead atoms. The number of aryl methyl sites for hydroxylation is 2. The van der Waals surface area contributed by atoms with Crippen molar-refractivity contribution in [2.24, 2.45) is 7.05 Å². The van der Waals surface area contributed by atoms with Crippen molar-refractivity contribution in [3.8, 4) is 0 Å². The number of carbonyl (C=O) groups excluding carboxylic acids is 1. The lowest BCUT2D eigenvalue weighted by Crippen LogP contribution is -2.44. The molecule has 0 spiro atoms. The molecular formula is C17H21N3O2. The average molecular weight is 299 g/mol. The first-order valence-electron chi connectivity index (χ1n) is 7.55. The molecule has 0 saturated carbocycles. The Morgan fingerprint density at radius 3 is 2.95 bits per heavy atom. The van der Waals surface area contributed by atoms with Crippen molar-refractivity contribution >= 4 is 5.91 Å². The van der Waals surface area contributed by atoms with Gasteiger partial charge in [-0.15, -0.1) is 0 Å². The number of pyridine rings is 1. The maximum Gasteiger partial charge on any atom is 0.227 e. The molecule has 0 aromatic carbocycles. The van der Waals surface area contributed by atoms with E-state index in [9.17, 15) is 4.79 Å². The highest BCUT2D eigenvalue weighted by molar-refractivity contribution is 5.79. The molecule has 116 valence electrons. The van der Waals surface area contributed by atoms with E-state index in [1.54, 1.807) is 6.20 Å². The van der Waals surface area contributed by atoms with Crippen molar-refractivity contribution in [1.29, 1.82) is 0 Å². The van der Waals surface area contributed by atoms with Gasteiger partial charge < -0.3 is 14.2 Å². The first-order valence-corrected chi connectivity index (χ1v) is 7.55. The van der Waals surface area contributed by atoms with Crippen molar-refractivity contribution in [3.05, 3.63) is 53.6 Å². The number of ether oxygens (including phenoxy) is 1. The van der Waals surface area contributed by atoms with Gasteiger partial charge in [0.15, 0.2) is 0 Å². The summed E-state index contributed by atoms with van der Waals surface area (Å²) in [4.78, 5) is 18.9. The van der Waals surface area contributed by atoms with Gasteiger partial charge in [0.1, 0.15) is 0 Å². The number of hydrogen-bond acceptors (Lipinski definition) is 3. The number of amides is 1. The Balaban J connectivity index is 1.77. The monoisotopic (exact) mass is 299 g/mol. The van der Waals surface area contributed by atoms with Crippen LogP contribution in [0.4, 0.5) is 0 Å². The first kappa shape index (κ1) is 14.8. The molecule has 0 N–H and O–H groups in total. The molecule has 0 unspecified atom stereocenters. The number of carbonyl (C=O) groups is 1. The second-order valence-corrected chi connectivity index (χ2v) is 5.71. The van der Waals surface area contributed by atoms with Crippen LogP contribution in [0.3, 0.4) is 0 Å². The van der Waals surface area contributed by atoms with E-state index in [1.165, 1.54) is 0 Å². The molecule has 2 aromatic rings. The number of hydrogen-bond donors (Lipinski definition) is 0. The minimum absolute atomic E-state index is 0.0142. The molecule has 5 nitrogen and oxygen atoms in total. The highest BCUT2D eigenvalue weighted by atomic mass is 16.5. The summed E-state index contributed by atoms with van der Waals surface area (Å²) in [5.74, 6) is 0.125. The fourth-order valence-electron chi connectivity index (χ4n) is 2.85. The van der Waals surface area contributed by atoms with E-state index in [1.807, 2.05) is 53.9 Å². The summed E-state index contributed by atoms with van der Waals surface area (Å²) in [7, 11) is 2.00. The molecule has 3 rings (SSSR count). The second kappa shape index (κ2) is 6.32. The molecular weight excluding hydrogens is 278 g/mol. The largest absolute Gasteiger partial charge is 0.377 e. The van der Waals surface area contributed by atoms with E-state index in [0.29, 0.717) is 26.2 Å². The Labute approximate surface area is 130 Å². The van der Waals surface area contributed by atoms with Crippen LogP contribution >= 0.6 is 0 Å². The maximum absolute atomic E-state index is 12.7. The minimum atomic E-state index is -0.0142. The lowest BCUT2D eigenvalue weighted by atomic mass is 10.1. The van der Waals surface area contributed by atoms with E-state index in [-0.39, 0.29) is 11.9 Å². The molecule has 22 heavy (non-hydrogen) atoms. The molecule has 1 fully saturated rings. The fourth-order valence-corrected chi connectivity index (χ4v) is 2.85. The van der Waals surface area contributed by atoms with Crippen LogP contribution in [0.5, 0.6) is 0 Å². The molecule has 1 saturated heterocycles. The lowest BCUT2D eigenvalue weighted by molar-refractivity contribution is -0.139. The smallest absolute Gasteiger partial charge is 0.227 e. The zero-order valence-corrected chi connectivity index (χ0v) is 13.0. The molecule has 1 aliphatic rings. The molecule has 0 aliphatic carbocycles. The Kier molecular flexibility index (Phi) is 4.24. The van der Waals surface area contributed by atoms with Gasteiger partial charge in [0.25, 0.3) is 0 Å². The molecule has 2 aromatic heterocycles. The lowest BCUT2D eigenvalue weighted by Gasteiger charge is -2.36. The van der Waals surface area contributed by atoms with Crippen molar-refractivity contribution in [2.45, 2.75) is 19.4 Å². The van der Waals surface area contributed by atoms with Crippen molar-refractivity contribution < 1.29 is 9.53 Å². The Morgan fingerprint density at radius 1 is 1.41 bits per heavy atom. The highest BCUT2D eigenvalue weighted by Gasteiger charge is 2.29. The van der Waals surface area contributed by atoms with E-state index in [0.717, 1.165) is 17.0 Å². The van der Waals surface area contributed by atoms with Gasteiger partial charge in [-0.2, -0.15) is 0 Å². The number of rotatable bonds is 3. The van der Waals surface area contributed by atoms with Crippen LogP contribution in [-0.2, 0) is 23.0 Å². The third-order valence-electron chi connectivity index (χ3n) is 4.10. The van der Waals surface area contributed by atoms with Gasteiger partial charge in [-0.05, 0) is 30.7 Å². The van der Waals surface area contributed by atoms with Crippen LogP contribution in [0.15, 0.2) is 36.7 Å². The van der Waals surface area contributed by atoms with Crippen LogP contribution in [0, 0.1) is 6.92 Å². The van der Waals surface area contributed by atoms with E-state index in [2.05, 4.69) is 4.98 Å². The quantitative estimate of drug-likeness (QED) is 0.869. The highest BCUT2D eigenvalue weighted by Crippen LogP contribution is 2.25. The van der Waals surface area contributed by atoms with Crippen LogP contribution in [-0.4, -0.2) is 40.1 Å². The molecule has 5 heteroatoms. The predicted molar refractivity (Wildman–Crippen MR) is 83.4 cm³/mol. The van der Waals surface area contributed by atoms with E-state index in [4.69, 9.17) is 4.74 Å². The maximum atomic E-state index is 12.7. The summed E-state index contributed by atoms with van der Waals surface area (Å²) >= 11 is 0. The molecule has 1 amide bonds. The summed E-state index contributed by atoms with van der Waals surface area (Å²) < 4.78 is 7.64. The topological polar surface area (TPSA) is 47.4 Å². The molecule has 1 atom stereocenters. The SMILES string of the molecule is Cc1ccc(CC(=O)N2CCOC[C@@H]2c2cccn2C)cn1. The van der Waals surface area contributed by atoms with Gasteiger partial charge in [-0.25, -0.2) is 0 Å². The summed E-state index contributed by atoms with van der Waals surface area (Å²) in [5, 5.41) is 0. The van der Waals surface area contributed by atoms with Crippen LogP contribution < -0.4 is 0 Å². The zero-order valence-electron chi connectivity index (χ0n) is 13.0. The Hall–Kier alpha value is -2.14. The first-order chi connectivity index (χ1) is 10.6. The number of aromatic nitrogens is 2. The van der Waals surface area contributed by atoms with Gasteiger partial charge in [0, 0.05) is 37.4 Å². The third kappa shape index (κ3) is 3.04. The minimum Gasteiger partial charge on any atom is -0.377 e. The second-order valence-electron chi connectivity index (χ2n) is 5.71. The van der Waals surface area contributed by atoms with Crippen LogP contribution in [0.25, 0.3) is 0 Å². The zero-order chi connectivity index (χ0) is 15.5. The Morgan fingerprint density at radius 2 is 2.27 bits per heavy atom. The van der Waals surface area contributed by atoms with Crippen LogP contribution in [0.1, 0.15) is 23.0 Å². The van der Waals surface area contributed by atoms with Gasteiger partial charge in [-0.1, -0.05) is 6.07 Å². The predicted octanol–water partition coefficient (Wildman–Crippen LogP) is 1.87. The summed E-state index contributed by atoms with van der Waals surface area (Å²) in [5.41, 5.74) is 3.02. The average Bonchev–Trinajstić information content (AvgIpc) is 2.95. The molecule has 1 aliphatic heterocycles. The normalized spacial score (nSPS) is 18.5. The standard InChI is InChI=1S/C17H21N3O2/c1-13-5-6-14(11-18-13)10-17(21)20-8-9-22-12-16(20)15-4-3-7-19(15)2/h3-7,11,16H,8-10,12H2,1-2H3/t16-/m1/s1. The molecule has 3 heterocycles. The summed E-state index contributed by atoms with van der Waals surface area (Å²) in [6.45, 7) is 3.72. The fraction of sp³-hybridized carbons (Fsp3) is 0.412. The van der Waals surface area contributed by atoms with E-state index < -0.39 is 0 Å². The van der Waals surface area contributed by atoms with Crippen molar-refractivity contribution in [3.63, 3.8) is 0 Å².